The second kappa shape index (κ2) is 15.0. The summed E-state index contributed by atoms with van der Waals surface area (Å²) < 4.78 is 34.1. The summed E-state index contributed by atoms with van der Waals surface area (Å²) >= 11 is 8.86. The van der Waals surface area contributed by atoms with E-state index in [4.69, 9.17) is 40.6 Å². The first-order valence-electron chi connectivity index (χ1n) is 14.1. The average Bonchev–Trinajstić information content (AvgIpc) is 3.51. The van der Waals surface area contributed by atoms with Gasteiger partial charge in [0, 0.05) is 11.3 Å². The minimum Gasteiger partial charge on any atom is -0.493 e. The molecule has 0 radical (unpaired) electrons. The van der Waals surface area contributed by atoms with Crippen LogP contribution in [-0.2, 0) is 20.9 Å². The van der Waals surface area contributed by atoms with Crippen molar-refractivity contribution < 1.29 is 38.0 Å². The number of amides is 1. The number of hydrazone groups is 1. The first kappa shape index (κ1) is 32.6. The van der Waals surface area contributed by atoms with Crippen molar-refractivity contribution in [3.05, 3.63) is 87.0 Å². The number of carbonyl (C=O) groups excluding carboxylic acids is 2. The Labute approximate surface area is 279 Å². The van der Waals surface area contributed by atoms with Gasteiger partial charge in [0.2, 0.25) is 6.79 Å². The van der Waals surface area contributed by atoms with Crippen LogP contribution in [0.2, 0.25) is 0 Å². The number of fused-ring (bicyclic) bond motifs is 1. The number of nitrogens with zero attached hydrogens (tertiary/aromatic N) is 1. The van der Waals surface area contributed by atoms with Gasteiger partial charge in [-0.3, -0.25) is 4.79 Å². The van der Waals surface area contributed by atoms with Gasteiger partial charge < -0.3 is 39.1 Å². The average molecular weight is 712 g/mol. The lowest BCUT2D eigenvalue weighted by molar-refractivity contribution is -0.139. The zero-order valence-corrected chi connectivity index (χ0v) is 27.6. The molecule has 2 aliphatic heterocycles. The van der Waals surface area contributed by atoms with E-state index in [2.05, 4.69) is 37.1 Å². The summed E-state index contributed by atoms with van der Waals surface area (Å²) in [5.41, 5.74) is 5.56. The van der Waals surface area contributed by atoms with Crippen LogP contribution in [0.1, 0.15) is 36.6 Å². The fraction of sp³-hybridized carbons (Fsp3) is 0.250. The van der Waals surface area contributed by atoms with E-state index in [0.29, 0.717) is 60.7 Å². The van der Waals surface area contributed by atoms with Crippen molar-refractivity contribution in [1.82, 2.24) is 16.1 Å². The molecule has 0 aromatic heterocycles. The molecule has 0 spiro atoms. The van der Waals surface area contributed by atoms with Crippen LogP contribution >= 0.6 is 28.1 Å². The summed E-state index contributed by atoms with van der Waals surface area (Å²) in [6.07, 6.45) is 1.47. The number of thiocarbonyl (C=S) groups is 1. The van der Waals surface area contributed by atoms with Crippen LogP contribution in [0.25, 0.3) is 0 Å². The Hall–Kier alpha value is -4.82. The summed E-state index contributed by atoms with van der Waals surface area (Å²) in [5.74, 6) is 1.77. The molecule has 0 bridgehead atoms. The summed E-state index contributed by atoms with van der Waals surface area (Å²) in [6.45, 7) is 3.84. The smallest absolute Gasteiger partial charge is 0.338 e. The Morgan fingerprint density at radius 1 is 1.11 bits per heavy atom. The van der Waals surface area contributed by atoms with Crippen molar-refractivity contribution in [1.29, 1.82) is 0 Å². The Balaban J connectivity index is 1.20. The highest BCUT2D eigenvalue weighted by Crippen LogP contribution is 2.38. The quantitative estimate of drug-likeness (QED) is 0.105. The van der Waals surface area contributed by atoms with Crippen LogP contribution in [-0.4, -0.2) is 50.3 Å². The van der Waals surface area contributed by atoms with Gasteiger partial charge in [-0.25, -0.2) is 10.2 Å². The van der Waals surface area contributed by atoms with Gasteiger partial charge in [-0.15, -0.1) is 0 Å². The predicted octanol–water partition coefficient (Wildman–Crippen LogP) is 4.65. The van der Waals surface area contributed by atoms with E-state index in [9.17, 15) is 9.59 Å². The zero-order chi connectivity index (χ0) is 32.6. The highest BCUT2D eigenvalue weighted by molar-refractivity contribution is 9.10. The molecule has 0 aliphatic carbocycles. The molecule has 14 heteroatoms. The maximum atomic E-state index is 12.8. The molecule has 2 aliphatic rings. The molecule has 46 heavy (non-hydrogen) atoms. The summed E-state index contributed by atoms with van der Waals surface area (Å²) in [7, 11) is 1.53. The molecule has 12 nitrogen and oxygen atoms in total. The topological polar surface area (TPSA) is 138 Å². The number of para-hydroxylation sites is 1. The van der Waals surface area contributed by atoms with Crippen molar-refractivity contribution in [2.24, 2.45) is 5.10 Å². The van der Waals surface area contributed by atoms with Crippen molar-refractivity contribution in [3.8, 4) is 28.7 Å². The van der Waals surface area contributed by atoms with E-state index in [1.165, 1.54) is 13.3 Å². The molecule has 1 amide bonds. The number of benzene rings is 3. The van der Waals surface area contributed by atoms with Crippen LogP contribution in [0.15, 0.2) is 75.4 Å². The first-order valence-corrected chi connectivity index (χ1v) is 15.3. The maximum Gasteiger partial charge on any atom is 0.338 e. The molecule has 240 valence electrons. The normalized spacial score (nSPS) is 15.2. The number of esters is 1. The van der Waals surface area contributed by atoms with Gasteiger partial charge in [0.15, 0.2) is 34.7 Å². The Kier molecular flexibility index (Phi) is 10.6. The van der Waals surface area contributed by atoms with Gasteiger partial charge in [0.1, 0.15) is 12.4 Å². The van der Waals surface area contributed by atoms with E-state index >= 15 is 0 Å². The zero-order valence-electron chi connectivity index (χ0n) is 25.2. The van der Waals surface area contributed by atoms with Gasteiger partial charge in [-0.2, -0.15) is 5.10 Å². The molecule has 5 rings (SSSR count). The van der Waals surface area contributed by atoms with Crippen LogP contribution in [0, 0.1) is 0 Å². The van der Waals surface area contributed by atoms with Crippen LogP contribution in [0.3, 0.4) is 0 Å². The Morgan fingerprint density at radius 3 is 2.72 bits per heavy atom. The highest BCUT2D eigenvalue weighted by atomic mass is 79.9. The van der Waals surface area contributed by atoms with Gasteiger partial charge in [-0.1, -0.05) is 24.3 Å². The van der Waals surface area contributed by atoms with Gasteiger partial charge in [0.05, 0.1) is 36.0 Å². The first-order chi connectivity index (χ1) is 22.3. The number of carbonyl (C=O) groups is 2. The molecule has 0 saturated carbocycles. The molecule has 1 atom stereocenters. The SMILES string of the molecule is CCOC(=O)C1=C(C)NC(=S)N[C@@H]1c1ccccc1OCC(=O)NN=Cc1cc(Br)c(OCc2ccc3c(c2)OCO3)c(OC)c1. The Bertz CT molecular complexity index is 1710. The van der Waals surface area contributed by atoms with Crippen LogP contribution < -0.4 is 39.7 Å². The fourth-order valence-electron chi connectivity index (χ4n) is 4.75. The summed E-state index contributed by atoms with van der Waals surface area (Å²) in [6, 6.07) is 15.6. The minimum atomic E-state index is -0.637. The second-order valence-corrected chi connectivity index (χ2v) is 11.2. The van der Waals surface area contributed by atoms with E-state index in [1.54, 1.807) is 50.2 Å². The van der Waals surface area contributed by atoms with E-state index in [0.717, 1.165) is 5.56 Å². The number of nitrogens with one attached hydrogen (secondary N) is 3. The van der Waals surface area contributed by atoms with Gasteiger partial charge in [-0.05, 0) is 83.5 Å². The molecule has 0 fully saturated rings. The van der Waals surface area contributed by atoms with Crippen molar-refractivity contribution in [3.63, 3.8) is 0 Å². The molecular formula is C32H31BrN4O8S. The van der Waals surface area contributed by atoms with Gasteiger partial charge >= 0.3 is 5.97 Å². The molecule has 3 aromatic rings. The number of hydrogen-bond donors (Lipinski definition) is 3. The van der Waals surface area contributed by atoms with E-state index in [1.807, 2.05) is 18.2 Å². The number of methoxy groups -OCH3 is 1. The fourth-order valence-corrected chi connectivity index (χ4v) is 5.60. The highest BCUT2D eigenvalue weighted by Gasteiger charge is 2.32. The number of halogens is 1. The maximum absolute atomic E-state index is 12.8. The van der Waals surface area contributed by atoms with Crippen LogP contribution in [0.4, 0.5) is 0 Å². The lowest BCUT2D eigenvalue weighted by Gasteiger charge is -2.30. The standard InChI is InChI=1S/C32H31BrN4O8S/c1-4-41-31(39)28-18(2)35-32(46)36-29(28)21-7-5-6-8-23(21)42-16-27(38)37-34-14-20-11-22(33)30(26(13-20)40-3)43-15-19-9-10-24-25(12-19)45-17-44-24/h5-14,29H,4,15-17H2,1-3H3,(H,37,38)(H2,35,36,46)/t29-/m1/s1. The number of allylic oxidation sites excluding steroid dienone is 1. The van der Waals surface area contributed by atoms with E-state index in [-0.39, 0.29) is 26.6 Å². The number of hydrogen-bond acceptors (Lipinski definition) is 10. The summed E-state index contributed by atoms with van der Waals surface area (Å²) in [4.78, 5) is 25.4. The summed E-state index contributed by atoms with van der Waals surface area (Å²) in [5, 5.41) is 10.5. The molecular weight excluding hydrogens is 680 g/mol. The number of ether oxygens (including phenoxy) is 6. The molecule has 0 saturated heterocycles. The lowest BCUT2D eigenvalue weighted by atomic mass is 9.95. The third kappa shape index (κ3) is 7.69. The molecule has 3 aromatic carbocycles. The lowest BCUT2D eigenvalue weighted by Crippen LogP contribution is -2.45. The molecule has 3 N–H and O–H groups in total. The third-order valence-corrected chi connectivity index (χ3v) is 7.64. The van der Waals surface area contributed by atoms with Crippen LogP contribution in [0.5, 0.6) is 28.7 Å². The largest absolute Gasteiger partial charge is 0.493 e. The predicted molar refractivity (Wildman–Crippen MR) is 176 cm³/mol. The molecule has 0 unspecified atom stereocenters. The molecule has 2 heterocycles. The van der Waals surface area contributed by atoms with Crippen molar-refractivity contribution in [2.75, 3.05) is 27.1 Å². The minimum absolute atomic E-state index is 0.200. The van der Waals surface area contributed by atoms with Crippen molar-refractivity contribution >= 4 is 51.4 Å². The Morgan fingerprint density at radius 2 is 1.91 bits per heavy atom. The third-order valence-electron chi connectivity index (χ3n) is 6.83. The van der Waals surface area contributed by atoms with Crippen molar-refractivity contribution in [2.45, 2.75) is 26.5 Å². The second-order valence-electron chi connectivity index (χ2n) is 9.92. The monoisotopic (exact) mass is 710 g/mol. The van der Waals surface area contributed by atoms with Gasteiger partial charge in [0.25, 0.3) is 5.91 Å². The number of rotatable bonds is 12. The van der Waals surface area contributed by atoms with E-state index < -0.39 is 17.9 Å².